The molecule has 0 nitrogen and oxygen atoms in total. The summed E-state index contributed by atoms with van der Waals surface area (Å²) in [6.45, 7) is 21.5. The molecule has 0 radical (unpaired) electrons. The van der Waals surface area contributed by atoms with E-state index in [2.05, 4.69) is 6.58 Å². The third kappa shape index (κ3) is 102. The van der Waals surface area contributed by atoms with E-state index < -0.39 is 0 Å². The smallest absolute Gasteiger partial charge is 0.0467 e. The molecule has 0 unspecified atom stereocenters. The average molecular weight is 240 g/mol. The zero-order chi connectivity index (χ0) is 14.9. The number of hydrogen-bond donors (Lipinski definition) is 0. The van der Waals surface area contributed by atoms with Crippen LogP contribution in [-0.4, -0.2) is 0 Å². The second-order valence-corrected chi connectivity index (χ2v) is 1.53. The Bertz CT molecular complexity index is 136. The van der Waals surface area contributed by atoms with Gasteiger partial charge < -0.3 is 0 Å². The first-order valence-electron chi connectivity index (χ1n) is 6.99. The predicted molar refractivity (Wildman–Crippen MR) is 88.7 cm³/mol. The summed E-state index contributed by atoms with van der Waals surface area (Å²) in [6.07, 6.45) is 13.5. The second-order valence-electron chi connectivity index (χ2n) is 1.53. The molecule has 0 aliphatic heterocycles. The molecular formula is C17H36. The van der Waals surface area contributed by atoms with Crippen molar-refractivity contribution >= 4 is 0 Å². The van der Waals surface area contributed by atoms with Gasteiger partial charge in [0.2, 0.25) is 0 Å². The molecule has 0 amide bonds. The lowest BCUT2D eigenvalue weighted by molar-refractivity contribution is 1.50. The molecule has 0 aromatic rings. The summed E-state index contributed by atoms with van der Waals surface area (Å²) in [5.41, 5.74) is 0. The molecule has 0 aliphatic rings. The highest BCUT2D eigenvalue weighted by Gasteiger charge is 1.57. The standard InChI is InChI=1S/C9H12.4C2H6/c1-3-5-7-9-8-6-4-2;4*1-2/h3-9H,1H2,2H3;4*1-2H3/b6-4-,7-5?,9-8?;;;;. The van der Waals surface area contributed by atoms with E-state index in [9.17, 15) is 0 Å². The van der Waals surface area contributed by atoms with E-state index in [-0.39, 0.29) is 0 Å². The first kappa shape index (κ1) is 29.7. The first-order valence-corrected chi connectivity index (χ1v) is 6.99. The lowest BCUT2D eigenvalue weighted by Gasteiger charge is -1.69. The Morgan fingerprint density at radius 2 is 0.824 bits per heavy atom. The molecular weight excluding hydrogens is 204 g/mol. The van der Waals surface area contributed by atoms with Crippen LogP contribution in [0.5, 0.6) is 0 Å². The number of rotatable bonds is 3. The van der Waals surface area contributed by atoms with E-state index in [0.717, 1.165) is 0 Å². The molecule has 0 spiro atoms. The highest BCUT2D eigenvalue weighted by Crippen LogP contribution is 1.79. The van der Waals surface area contributed by atoms with Gasteiger partial charge in [0.15, 0.2) is 0 Å². The highest BCUT2D eigenvalue weighted by molar-refractivity contribution is 5.13. The molecule has 0 aromatic carbocycles. The maximum atomic E-state index is 3.54. The molecule has 0 aromatic heterocycles. The van der Waals surface area contributed by atoms with Crippen LogP contribution in [0.25, 0.3) is 0 Å². The topological polar surface area (TPSA) is 0 Å². The van der Waals surface area contributed by atoms with Crippen LogP contribution in [0.3, 0.4) is 0 Å². The molecule has 17 heavy (non-hydrogen) atoms. The summed E-state index contributed by atoms with van der Waals surface area (Å²) in [5.74, 6) is 0. The second kappa shape index (κ2) is 82.1. The predicted octanol–water partition coefficient (Wildman–Crippen LogP) is 6.97. The summed E-state index contributed by atoms with van der Waals surface area (Å²) in [6, 6.07) is 0. The molecule has 0 fully saturated rings. The Kier molecular flexibility index (Phi) is 144. The van der Waals surface area contributed by atoms with Gasteiger partial charge in [-0.15, -0.1) is 0 Å². The van der Waals surface area contributed by atoms with Gasteiger partial charge in [0.05, 0.1) is 0 Å². The van der Waals surface area contributed by atoms with Crippen molar-refractivity contribution < 1.29 is 0 Å². The van der Waals surface area contributed by atoms with Crippen LogP contribution in [-0.2, 0) is 0 Å². The number of hydrogen-bond acceptors (Lipinski definition) is 0. The van der Waals surface area contributed by atoms with Gasteiger partial charge in [0, 0.05) is 0 Å². The van der Waals surface area contributed by atoms with Crippen LogP contribution in [0, 0.1) is 0 Å². The van der Waals surface area contributed by atoms with Crippen molar-refractivity contribution in [1.29, 1.82) is 0 Å². The van der Waals surface area contributed by atoms with Crippen molar-refractivity contribution in [2.45, 2.75) is 62.3 Å². The summed E-state index contributed by atoms with van der Waals surface area (Å²) in [7, 11) is 0. The van der Waals surface area contributed by atoms with Crippen LogP contribution in [0.2, 0.25) is 0 Å². The van der Waals surface area contributed by atoms with Crippen molar-refractivity contribution in [3.8, 4) is 0 Å². The van der Waals surface area contributed by atoms with E-state index in [0.29, 0.717) is 0 Å². The molecule has 0 heterocycles. The molecule has 0 aliphatic carbocycles. The van der Waals surface area contributed by atoms with Gasteiger partial charge >= 0.3 is 0 Å². The normalized spacial score (nSPS) is 7.82. The lowest BCUT2D eigenvalue weighted by Crippen LogP contribution is -1.47. The maximum absolute atomic E-state index is 3.54. The molecule has 0 saturated carbocycles. The van der Waals surface area contributed by atoms with Crippen LogP contribution < -0.4 is 0 Å². The monoisotopic (exact) mass is 240 g/mol. The highest BCUT2D eigenvalue weighted by atomic mass is 13.6. The zero-order valence-electron chi connectivity index (χ0n) is 13.7. The van der Waals surface area contributed by atoms with Crippen LogP contribution in [0.4, 0.5) is 0 Å². The van der Waals surface area contributed by atoms with E-state index in [1.54, 1.807) is 6.08 Å². The molecule has 0 bridgehead atoms. The Hall–Kier alpha value is -1.04. The van der Waals surface area contributed by atoms with Gasteiger partial charge in [-0.05, 0) is 6.92 Å². The van der Waals surface area contributed by atoms with Gasteiger partial charge in [0.25, 0.3) is 0 Å². The van der Waals surface area contributed by atoms with Crippen LogP contribution in [0.1, 0.15) is 62.3 Å². The molecule has 0 atom stereocenters. The van der Waals surface area contributed by atoms with Crippen molar-refractivity contribution in [2.24, 2.45) is 0 Å². The minimum Gasteiger partial charge on any atom is -0.0991 e. The minimum atomic E-state index is 1.75. The Balaban J connectivity index is -0.0000000507. The minimum absolute atomic E-state index is 1.75. The third-order valence-corrected chi connectivity index (χ3v) is 0.773. The third-order valence-electron chi connectivity index (χ3n) is 0.773. The van der Waals surface area contributed by atoms with Crippen molar-refractivity contribution in [1.82, 2.24) is 0 Å². The average Bonchev–Trinajstić information content (AvgIpc) is 2.47. The molecule has 0 saturated heterocycles. The van der Waals surface area contributed by atoms with Crippen LogP contribution >= 0.6 is 0 Å². The van der Waals surface area contributed by atoms with Gasteiger partial charge in [0.1, 0.15) is 0 Å². The largest absolute Gasteiger partial charge is 0.0991 e. The lowest BCUT2D eigenvalue weighted by atomic mass is 10.4. The van der Waals surface area contributed by atoms with Gasteiger partial charge in [-0.3, -0.25) is 0 Å². The molecule has 0 heteroatoms. The van der Waals surface area contributed by atoms with Crippen molar-refractivity contribution in [3.63, 3.8) is 0 Å². The summed E-state index contributed by atoms with van der Waals surface area (Å²) in [4.78, 5) is 0. The van der Waals surface area contributed by atoms with Crippen LogP contribution in [0.15, 0.2) is 49.1 Å². The van der Waals surface area contributed by atoms with E-state index in [1.165, 1.54) is 0 Å². The first-order chi connectivity index (χ1) is 8.41. The van der Waals surface area contributed by atoms with Crippen molar-refractivity contribution in [2.75, 3.05) is 0 Å². The van der Waals surface area contributed by atoms with Gasteiger partial charge in [-0.2, -0.15) is 0 Å². The maximum Gasteiger partial charge on any atom is -0.0467 e. The zero-order valence-corrected chi connectivity index (χ0v) is 13.7. The summed E-state index contributed by atoms with van der Waals surface area (Å²) >= 11 is 0. The Morgan fingerprint density at radius 3 is 1.12 bits per heavy atom. The van der Waals surface area contributed by atoms with Gasteiger partial charge in [-0.1, -0.05) is 105 Å². The SMILES string of the molecule is C=CC=CC=C/C=C\C.CC.CC.CC.CC. The Morgan fingerprint density at radius 1 is 0.529 bits per heavy atom. The fourth-order valence-corrected chi connectivity index (χ4v) is 0.382. The Labute approximate surface area is 112 Å². The summed E-state index contributed by atoms with van der Waals surface area (Å²) in [5, 5.41) is 0. The molecule has 0 rings (SSSR count). The molecule has 104 valence electrons. The van der Waals surface area contributed by atoms with E-state index >= 15 is 0 Å². The molecule has 0 N–H and O–H groups in total. The fraction of sp³-hybridized carbons (Fsp3) is 0.529. The van der Waals surface area contributed by atoms with Crippen molar-refractivity contribution in [3.05, 3.63) is 49.1 Å². The summed E-state index contributed by atoms with van der Waals surface area (Å²) < 4.78 is 0. The quantitative estimate of drug-likeness (QED) is 0.467. The van der Waals surface area contributed by atoms with E-state index in [1.807, 2.05) is 98.8 Å². The van der Waals surface area contributed by atoms with Gasteiger partial charge in [-0.25, -0.2) is 0 Å². The van der Waals surface area contributed by atoms with E-state index in [4.69, 9.17) is 0 Å². The number of allylic oxidation sites excluding steroid dienone is 7. The fourth-order valence-electron chi connectivity index (χ4n) is 0.382.